The summed E-state index contributed by atoms with van der Waals surface area (Å²) in [5, 5.41) is 2.87. The van der Waals surface area contributed by atoms with E-state index in [2.05, 4.69) is 24.1 Å². The van der Waals surface area contributed by atoms with Gasteiger partial charge in [0, 0.05) is 13.1 Å². The highest BCUT2D eigenvalue weighted by Gasteiger charge is 2.14. The normalized spacial score (nSPS) is 12.5. The minimum atomic E-state index is -0.436. The van der Waals surface area contributed by atoms with Crippen molar-refractivity contribution in [2.75, 3.05) is 27.2 Å². The number of rotatable bonds is 9. The summed E-state index contributed by atoms with van der Waals surface area (Å²) in [5.41, 5.74) is 6.88. The standard InChI is InChI=1S/C17H29N3O2/c1-13(2)11-16(18)17(21)19-12-14-5-7-15(8-6-14)22-10-9-20(3)4/h5-8,13,16H,9-12,18H2,1-4H3,(H,19,21)/t16-/m0/s1. The maximum absolute atomic E-state index is 11.9. The van der Waals surface area contributed by atoms with E-state index in [4.69, 9.17) is 10.5 Å². The maximum atomic E-state index is 11.9. The van der Waals surface area contributed by atoms with Crippen molar-refractivity contribution in [1.29, 1.82) is 0 Å². The van der Waals surface area contributed by atoms with E-state index in [1.807, 2.05) is 38.4 Å². The number of nitrogens with two attached hydrogens (primary N) is 1. The van der Waals surface area contributed by atoms with Gasteiger partial charge in [0.1, 0.15) is 12.4 Å². The molecule has 0 aliphatic heterocycles. The number of likely N-dealkylation sites (N-methyl/N-ethyl adjacent to an activating group) is 1. The highest BCUT2D eigenvalue weighted by atomic mass is 16.5. The summed E-state index contributed by atoms with van der Waals surface area (Å²) in [7, 11) is 4.03. The van der Waals surface area contributed by atoms with Crippen LogP contribution < -0.4 is 15.8 Å². The molecule has 1 rings (SSSR count). The molecule has 1 amide bonds. The Morgan fingerprint density at radius 1 is 1.27 bits per heavy atom. The van der Waals surface area contributed by atoms with Gasteiger partial charge in [-0.1, -0.05) is 26.0 Å². The minimum Gasteiger partial charge on any atom is -0.492 e. The second kappa shape index (κ2) is 9.43. The fourth-order valence-electron chi connectivity index (χ4n) is 1.98. The monoisotopic (exact) mass is 307 g/mol. The van der Waals surface area contributed by atoms with Crippen LogP contribution in [0.25, 0.3) is 0 Å². The maximum Gasteiger partial charge on any atom is 0.237 e. The second-order valence-corrected chi connectivity index (χ2v) is 6.25. The summed E-state index contributed by atoms with van der Waals surface area (Å²) < 4.78 is 5.63. The Labute approximate surface area is 133 Å². The molecular weight excluding hydrogens is 278 g/mol. The summed E-state index contributed by atoms with van der Waals surface area (Å²) >= 11 is 0. The highest BCUT2D eigenvalue weighted by molar-refractivity contribution is 5.81. The molecule has 0 unspecified atom stereocenters. The largest absolute Gasteiger partial charge is 0.492 e. The first kappa shape index (κ1) is 18.5. The minimum absolute atomic E-state index is 0.0972. The smallest absolute Gasteiger partial charge is 0.237 e. The number of hydrogen-bond acceptors (Lipinski definition) is 4. The van der Waals surface area contributed by atoms with Crippen LogP contribution in [-0.4, -0.2) is 44.1 Å². The van der Waals surface area contributed by atoms with E-state index in [9.17, 15) is 4.79 Å². The van der Waals surface area contributed by atoms with E-state index in [1.165, 1.54) is 0 Å². The molecule has 0 fully saturated rings. The fourth-order valence-corrected chi connectivity index (χ4v) is 1.98. The number of carbonyl (C=O) groups is 1. The summed E-state index contributed by atoms with van der Waals surface area (Å²) in [5.74, 6) is 1.16. The molecule has 0 saturated carbocycles. The van der Waals surface area contributed by atoms with Crippen molar-refractivity contribution in [2.45, 2.75) is 32.9 Å². The van der Waals surface area contributed by atoms with Crippen LogP contribution in [0, 0.1) is 5.92 Å². The first-order valence-corrected chi connectivity index (χ1v) is 7.78. The molecular formula is C17H29N3O2. The Bertz CT molecular complexity index is 444. The lowest BCUT2D eigenvalue weighted by atomic mass is 10.0. The van der Waals surface area contributed by atoms with E-state index in [1.54, 1.807) is 0 Å². The lowest BCUT2D eigenvalue weighted by Gasteiger charge is -2.14. The van der Waals surface area contributed by atoms with Crippen molar-refractivity contribution in [3.8, 4) is 5.75 Å². The van der Waals surface area contributed by atoms with Crippen LogP contribution >= 0.6 is 0 Å². The van der Waals surface area contributed by atoms with Gasteiger partial charge in [0.15, 0.2) is 0 Å². The average molecular weight is 307 g/mol. The van der Waals surface area contributed by atoms with Gasteiger partial charge in [0.2, 0.25) is 5.91 Å². The van der Waals surface area contributed by atoms with Crippen LogP contribution in [0.15, 0.2) is 24.3 Å². The molecule has 0 heterocycles. The van der Waals surface area contributed by atoms with Crippen molar-refractivity contribution >= 4 is 5.91 Å². The predicted molar refractivity (Wildman–Crippen MR) is 89.8 cm³/mol. The van der Waals surface area contributed by atoms with Gasteiger partial charge >= 0.3 is 0 Å². The molecule has 5 heteroatoms. The molecule has 1 aromatic carbocycles. The lowest BCUT2D eigenvalue weighted by molar-refractivity contribution is -0.122. The molecule has 0 spiro atoms. The van der Waals surface area contributed by atoms with Gasteiger partial charge < -0.3 is 20.7 Å². The van der Waals surface area contributed by atoms with Crippen LogP contribution in [-0.2, 0) is 11.3 Å². The number of amides is 1. The Morgan fingerprint density at radius 2 is 1.91 bits per heavy atom. The Hall–Kier alpha value is -1.59. The molecule has 5 nitrogen and oxygen atoms in total. The zero-order valence-electron chi connectivity index (χ0n) is 14.1. The average Bonchev–Trinajstić information content (AvgIpc) is 2.45. The number of benzene rings is 1. The van der Waals surface area contributed by atoms with E-state index in [0.717, 1.165) is 17.9 Å². The highest BCUT2D eigenvalue weighted by Crippen LogP contribution is 2.12. The van der Waals surface area contributed by atoms with Crippen LogP contribution in [0.2, 0.25) is 0 Å². The van der Waals surface area contributed by atoms with E-state index in [0.29, 0.717) is 25.5 Å². The molecule has 124 valence electrons. The predicted octanol–water partition coefficient (Wildman–Crippen LogP) is 1.62. The van der Waals surface area contributed by atoms with Gasteiger partial charge in [-0.2, -0.15) is 0 Å². The van der Waals surface area contributed by atoms with Gasteiger partial charge in [0.25, 0.3) is 0 Å². The summed E-state index contributed by atoms with van der Waals surface area (Å²) in [6.07, 6.45) is 0.699. The fraction of sp³-hybridized carbons (Fsp3) is 0.588. The third-order valence-corrected chi connectivity index (χ3v) is 3.26. The van der Waals surface area contributed by atoms with Gasteiger partial charge in [0.05, 0.1) is 6.04 Å². The Kier molecular flexibility index (Phi) is 7.91. The molecule has 0 saturated heterocycles. The Morgan fingerprint density at radius 3 is 2.45 bits per heavy atom. The van der Waals surface area contributed by atoms with Gasteiger partial charge in [-0.25, -0.2) is 0 Å². The van der Waals surface area contributed by atoms with E-state index in [-0.39, 0.29) is 5.91 Å². The molecule has 22 heavy (non-hydrogen) atoms. The van der Waals surface area contributed by atoms with E-state index < -0.39 is 6.04 Å². The van der Waals surface area contributed by atoms with Crippen LogP contribution in [0.5, 0.6) is 5.75 Å². The molecule has 3 N–H and O–H groups in total. The molecule has 1 aromatic rings. The van der Waals surface area contributed by atoms with Crippen LogP contribution in [0.3, 0.4) is 0 Å². The third-order valence-electron chi connectivity index (χ3n) is 3.26. The quantitative estimate of drug-likeness (QED) is 0.727. The summed E-state index contributed by atoms with van der Waals surface area (Å²) in [4.78, 5) is 13.9. The summed E-state index contributed by atoms with van der Waals surface area (Å²) in [6.45, 7) is 6.14. The van der Waals surface area contributed by atoms with Crippen molar-refractivity contribution in [2.24, 2.45) is 11.7 Å². The molecule has 0 bridgehead atoms. The number of ether oxygens (including phenoxy) is 1. The zero-order valence-corrected chi connectivity index (χ0v) is 14.1. The molecule has 0 radical (unpaired) electrons. The number of nitrogens with one attached hydrogen (secondary N) is 1. The lowest BCUT2D eigenvalue weighted by Crippen LogP contribution is -2.40. The van der Waals surface area contributed by atoms with Crippen molar-refractivity contribution in [1.82, 2.24) is 10.2 Å². The van der Waals surface area contributed by atoms with Gasteiger partial charge in [-0.3, -0.25) is 4.79 Å². The van der Waals surface area contributed by atoms with Crippen LogP contribution in [0.4, 0.5) is 0 Å². The SMILES string of the molecule is CC(C)C[C@H](N)C(=O)NCc1ccc(OCCN(C)C)cc1. The molecule has 0 aliphatic rings. The van der Waals surface area contributed by atoms with Crippen molar-refractivity contribution < 1.29 is 9.53 Å². The number of carbonyl (C=O) groups excluding carboxylic acids is 1. The first-order valence-electron chi connectivity index (χ1n) is 7.78. The van der Waals surface area contributed by atoms with Crippen LogP contribution in [0.1, 0.15) is 25.8 Å². The van der Waals surface area contributed by atoms with E-state index >= 15 is 0 Å². The van der Waals surface area contributed by atoms with Crippen molar-refractivity contribution in [3.63, 3.8) is 0 Å². The number of nitrogens with zero attached hydrogens (tertiary/aromatic N) is 1. The number of hydrogen-bond donors (Lipinski definition) is 2. The molecule has 1 atom stereocenters. The third kappa shape index (κ3) is 7.43. The zero-order chi connectivity index (χ0) is 16.5. The Balaban J connectivity index is 2.36. The topological polar surface area (TPSA) is 67.6 Å². The summed E-state index contributed by atoms with van der Waals surface area (Å²) in [6, 6.07) is 7.32. The first-order chi connectivity index (χ1) is 10.4. The van der Waals surface area contributed by atoms with Gasteiger partial charge in [-0.05, 0) is 44.1 Å². The molecule has 0 aromatic heterocycles. The molecule has 0 aliphatic carbocycles. The van der Waals surface area contributed by atoms with Gasteiger partial charge in [-0.15, -0.1) is 0 Å². The van der Waals surface area contributed by atoms with Crippen molar-refractivity contribution in [3.05, 3.63) is 29.8 Å². The second-order valence-electron chi connectivity index (χ2n) is 6.25.